The molecule has 1 rings (SSSR count). The van der Waals surface area contributed by atoms with E-state index in [4.69, 9.17) is 5.73 Å². The van der Waals surface area contributed by atoms with Gasteiger partial charge in [0, 0.05) is 19.0 Å². The summed E-state index contributed by atoms with van der Waals surface area (Å²) in [5.41, 5.74) is 5.49. The van der Waals surface area contributed by atoms with Gasteiger partial charge in [0.15, 0.2) is 0 Å². The molecular formula is C11H21N3O2. The Morgan fingerprint density at radius 1 is 1.62 bits per heavy atom. The number of nitrogens with one attached hydrogen (secondary N) is 2. The summed E-state index contributed by atoms with van der Waals surface area (Å²) in [4.78, 5) is 23.4. The Morgan fingerprint density at radius 2 is 2.38 bits per heavy atom. The van der Waals surface area contributed by atoms with Crippen molar-refractivity contribution >= 4 is 11.8 Å². The molecule has 5 heteroatoms. The number of nitrogens with two attached hydrogens (primary N) is 1. The zero-order valence-corrected chi connectivity index (χ0v) is 9.79. The first-order valence-electron chi connectivity index (χ1n) is 5.97. The highest BCUT2D eigenvalue weighted by Crippen LogP contribution is 2.07. The van der Waals surface area contributed by atoms with Crippen molar-refractivity contribution in [2.45, 2.75) is 38.6 Å². The molecule has 2 unspecified atom stereocenters. The molecule has 0 aromatic heterocycles. The van der Waals surface area contributed by atoms with Crippen molar-refractivity contribution in [1.29, 1.82) is 0 Å². The van der Waals surface area contributed by atoms with Gasteiger partial charge in [0.2, 0.25) is 11.8 Å². The summed E-state index contributed by atoms with van der Waals surface area (Å²) in [7, 11) is 0. The van der Waals surface area contributed by atoms with Crippen LogP contribution in [-0.4, -0.2) is 30.9 Å². The smallest absolute Gasteiger partial charge is 0.242 e. The van der Waals surface area contributed by atoms with Crippen LogP contribution in [0.2, 0.25) is 0 Å². The molecule has 1 fully saturated rings. The fourth-order valence-corrected chi connectivity index (χ4v) is 1.83. The van der Waals surface area contributed by atoms with Gasteiger partial charge in [0.05, 0.1) is 0 Å². The normalized spacial score (nSPS) is 23.1. The number of carbonyl (C=O) groups is 2. The molecule has 5 nitrogen and oxygen atoms in total. The van der Waals surface area contributed by atoms with Crippen molar-refractivity contribution in [3.8, 4) is 0 Å². The van der Waals surface area contributed by atoms with Crippen molar-refractivity contribution in [2.75, 3.05) is 13.1 Å². The molecule has 0 aromatic rings. The van der Waals surface area contributed by atoms with Gasteiger partial charge in [-0.2, -0.15) is 0 Å². The summed E-state index contributed by atoms with van der Waals surface area (Å²) in [6.07, 6.45) is 3.37. The lowest BCUT2D eigenvalue weighted by Gasteiger charge is -2.18. The lowest BCUT2D eigenvalue weighted by molar-refractivity contribution is -0.130. The second-order valence-corrected chi connectivity index (χ2v) is 4.19. The van der Waals surface area contributed by atoms with Crippen LogP contribution in [0.3, 0.4) is 0 Å². The van der Waals surface area contributed by atoms with Gasteiger partial charge in [0.25, 0.3) is 0 Å². The number of hydrogen-bond donors (Lipinski definition) is 3. The number of amides is 2. The van der Waals surface area contributed by atoms with Gasteiger partial charge in [-0.1, -0.05) is 6.92 Å². The SMILES string of the molecule is CCC(CN)C(=O)NC1CCCCNC1=O. The van der Waals surface area contributed by atoms with Crippen LogP contribution in [-0.2, 0) is 9.59 Å². The highest BCUT2D eigenvalue weighted by atomic mass is 16.2. The Morgan fingerprint density at radius 3 is 3.00 bits per heavy atom. The van der Waals surface area contributed by atoms with E-state index in [-0.39, 0.29) is 23.8 Å². The van der Waals surface area contributed by atoms with Gasteiger partial charge < -0.3 is 16.4 Å². The maximum atomic E-state index is 11.8. The first-order valence-corrected chi connectivity index (χ1v) is 5.97. The molecule has 0 spiro atoms. The van der Waals surface area contributed by atoms with E-state index >= 15 is 0 Å². The second kappa shape index (κ2) is 6.48. The standard InChI is InChI=1S/C11H21N3O2/c1-2-8(7-12)10(15)14-9-5-3-4-6-13-11(9)16/h8-9H,2-7,12H2,1H3,(H,13,16)(H,14,15). The molecule has 2 amide bonds. The molecule has 1 heterocycles. The van der Waals surface area contributed by atoms with Gasteiger partial charge in [-0.3, -0.25) is 9.59 Å². The lowest BCUT2D eigenvalue weighted by Crippen LogP contribution is -2.48. The molecule has 0 saturated carbocycles. The van der Waals surface area contributed by atoms with E-state index in [9.17, 15) is 9.59 Å². The number of rotatable bonds is 4. The molecule has 1 aliphatic rings. The summed E-state index contributed by atoms with van der Waals surface area (Å²) < 4.78 is 0. The third-order valence-corrected chi connectivity index (χ3v) is 3.00. The predicted octanol–water partition coefficient (Wildman–Crippen LogP) is -0.244. The van der Waals surface area contributed by atoms with Crippen LogP contribution >= 0.6 is 0 Å². The minimum absolute atomic E-state index is 0.0716. The fourth-order valence-electron chi connectivity index (χ4n) is 1.83. The van der Waals surface area contributed by atoms with E-state index in [1.165, 1.54) is 0 Å². The van der Waals surface area contributed by atoms with Gasteiger partial charge in [-0.15, -0.1) is 0 Å². The van der Waals surface area contributed by atoms with Crippen LogP contribution in [0.4, 0.5) is 0 Å². The Hall–Kier alpha value is -1.10. The van der Waals surface area contributed by atoms with Crippen LogP contribution in [0.25, 0.3) is 0 Å². The zero-order valence-electron chi connectivity index (χ0n) is 9.79. The first kappa shape index (κ1) is 13.0. The van der Waals surface area contributed by atoms with E-state index in [1.807, 2.05) is 6.92 Å². The highest BCUT2D eigenvalue weighted by Gasteiger charge is 2.24. The Balaban J connectivity index is 2.50. The van der Waals surface area contributed by atoms with Gasteiger partial charge >= 0.3 is 0 Å². The molecule has 0 aliphatic carbocycles. The molecule has 0 bridgehead atoms. The van der Waals surface area contributed by atoms with E-state index in [2.05, 4.69) is 10.6 Å². The first-order chi connectivity index (χ1) is 7.69. The van der Waals surface area contributed by atoms with E-state index < -0.39 is 0 Å². The Kier molecular flexibility index (Phi) is 5.25. The zero-order chi connectivity index (χ0) is 12.0. The predicted molar refractivity (Wildman–Crippen MR) is 61.6 cm³/mol. The van der Waals surface area contributed by atoms with E-state index in [0.717, 1.165) is 19.3 Å². The summed E-state index contributed by atoms with van der Waals surface area (Å²) in [5, 5.41) is 5.57. The molecule has 16 heavy (non-hydrogen) atoms. The van der Waals surface area contributed by atoms with Gasteiger partial charge in [-0.25, -0.2) is 0 Å². The number of carbonyl (C=O) groups excluding carboxylic acids is 2. The summed E-state index contributed by atoms with van der Waals surface area (Å²) in [5.74, 6) is -0.360. The largest absolute Gasteiger partial charge is 0.354 e. The molecule has 1 aliphatic heterocycles. The van der Waals surface area contributed by atoms with Crippen molar-refractivity contribution in [3.05, 3.63) is 0 Å². The third kappa shape index (κ3) is 3.48. The van der Waals surface area contributed by atoms with Gasteiger partial charge in [-0.05, 0) is 25.7 Å². The lowest BCUT2D eigenvalue weighted by atomic mass is 10.0. The van der Waals surface area contributed by atoms with Crippen molar-refractivity contribution in [1.82, 2.24) is 10.6 Å². The Bertz CT molecular complexity index is 252. The Labute approximate surface area is 96.1 Å². The summed E-state index contributed by atoms with van der Waals surface area (Å²) in [6, 6.07) is -0.379. The topological polar surface area (TPSA) is 84.2 Å². The quantitative estimate of drug-likeness (QED) is 0.619. The fraction of sp³-hybridized carbons (Fsp3) is 0.818. The minimum Gasteiger partial charge on any atom is -0.354 e. The maximum absolute atomic E-state index is 11.8. The van der Waals surface area contributed by atoms with Gasteiger partial charge in [0.1, 0.15) is 6.04 Å². The van der Waals surface area contributed by atoms with Crippen molar-refractivity contribution in [3.63, 3.8) is 0 Å². The molecule has 0 aromatic carbocycles. The monoisotopic (exact) mass is 227 g/mol. The van der Waals surface area contributed by atoms with Crippen LogP contribution in [0.5, 0.6) is 0 Å². The van der Waals surface area contributed by atoms with Crippen LogP contribution in [0, 0.1) is 5.92 Å². The molecular weight excluding hydrogens is 206 g/mol. The minimum atomic E-state index is -0.379. The molecule has 0 radical (unpaired) electrons. The highest BCUT2D eigenvalue weighted by molar-refractivity contribution is 5.88. The van der Waals surface area contributed by atoms with Crippen molar-refractivity contribution < 1.29 is 9.59 Å². The van der Waals surface area contributed by atoms with Crippen LogP contribution < -0.4 is 16.4 Å². The third-order valence-electron chi connectivity index (χ3n) is 3.00. The maximum Gasteiger partial charge on any atom is 0.242 e. The molecule has 2 atom stereocenters. The molecule has 92 valence electrons. The summed E-state index contributed by atoms with van der Waals surface area (Å²) in [6.45, 7) is 2.96. The molecule has 4 N–H and O–H groups in total. The summed E-state index contributed by atoms with van der Waals surface area (Å²) >= 11 is 0. The van der Waals surface area contributed by atoms with Crippen molar-refractivity contribution in [2.24, 2.45) is 11.7 Å². The molecule has 1 saturated heterocycles. The van der Waals surface area contributed by atoms with E-state index in [0.29, 0.717) is 19.5 Å². The van der Waals surface area contributed by atoms with Crippen LogP contribution in [0.15, 0.2) is 0 Å². The number of hydrogen-bond acceptors (Lipinski definition) is 3. The van der Waals surface area contributed by atoms with Crippen LogP contribution in [0.1, 0.15) is 32.6 Å². The average Bonchev–Trinajstić information content (AvgIpc) is 2.46. The average molecular weight is 227 g/mol. The second-order valence-electron chi connectivity index (χ2n) is 4.19. The van der Waals surface area contributed by atoms with E-state index in [1.54, 1.807) is 0 Å².